The molecule has 106 valence electrons. The van der Waals surface area contributed by atoms with Gasteiger partial charge in [-0.15, -0.1) is 10.2 Å². The van der Waals surface area contributed by atoms with Gasteiger partial charge in [-0.3, -0.25) is 4.79 Å². The van der Waals surface area contributed by atoms with Crippen LogP contribution >= 0.6 is 0 Å². The fraction of sp³-hybridized carbons (Fsp3) is 0.308. The predicted octanol–water partition coefficient (Wildman–Crippen LogP) is 0.812. The maximum atomic E-state index is 11.1. The van der Waals surface area contributed by atoms with Gasteiger partial charge in [0.2, 0.25) is 0 Å². The van der Waals surface area contributed by atoms with Gasteiger partial charge in [-0.2, -0.15) is 0 Å². The molecule has 2 N–H and O–H groups in total. The van der Waals surface area contributed by atoms with Crippen LogP contribution in [0, 0.1) is 5.92 Å². The van der Waals surface area contributed by atoms with E-state index in [2.05, 4.69) is 25.1 Å². The van der Waals surface area contributed by atoms with Crippen molar-refractivity contribution in [3.8, 4) is 0 Å². The van der Waals surface area contributed by atoms with Crippen molar-refractivity contribution in [2.24, 2.45) is 5.92 Å². The lowest BCUT2D eigenvalue weighted by atomic mass is 10.1. The lowest BCUT2D eigenvalue weighted by Gasteiger charge is -2.18. The van der Waals surface area contributed by atoms with Crippen molar-refractivity contribution in [1.29, 1.82) is 0 Å². The number of anilines is 1. The normalized spacial score (nSPS) is 18.7. The Morgan fingerprint density at radius 2 is 2.29 bits per heavy atom. The molecule has 4 heterocycles. The maximum Gasteiger partial charge on any atom is 0.308 e. The third-order valence-electron chi connectivity index (χ3n) is 3.88. The van der Waals surface area contributed by atoms with Crippen LogP contribution in [0.4, 0.5) is 5.82 Å². The molecule has 1 atom stereocenters. The molecule has 8 nitrogen and oxygen atoms in total. The summed E-state index contributed by atoms with van der Waals surface area (Å²) in [6, 6.07) is 1.91. The fourth-order valence-electron chi connectivity index (χ4n) is 2.82. The van der Waals surface area contributed by atoms with Crippen LogP contribution in [0.15, 0.2) is 18.6 Å². The molecule has 1 aliphatic heterocycles. The Morgan fingerprint density at radius 1 is 1.38 bits per heavy atom. The van der Waals surface area contributed by atoms with E-state index in [1.807, 2.05) is 11.0 Å². The van der Waals surface area contributed by atoms with Gasteiger partial charge < -0.3 is 15.0 Å². The van der Waals surface area contributed by atoms with E-state index in [0.717, 1.165) is 16.6 Å². The van der Waals surface area contributed by atoms with Crippen LogP contribution in [0.1, 0.15) is 6.42 Å². The zero-order valence-corrected chi connectivity index (χ0v) is 11.0. The number of carboxylic acid groups (broad SMARTS) is 1. The fourth-order valence-corrected chi connectivity index (χ4v) is 2.82. The molecule has 1 fully saturated rings. The van der Waals surface area contributed by atoms with Crippen molar-refractivity contribution in [2.75, 3.05) is 18.0 Å². The van der Waals surface area contributed by atoms with Crippen LogP contribution in [0.25, 0.3) is 22.1 Å². The van der Waals surface area contributed by atoms with E-state index in [1.165, 1.54) is 6.33 Å². The summed E-state index contributed by atoms with van der Waals surface area (Å²) >= 11 is 0. The van der Waals surface area contributed by atoms with Gasteiger partial charge in [0.1, 0.15) is 12.1 Å². The zero-order chi connectivity index (χ0) is 14.4. The molecule has 21 heavy (non-hydrogen) atoms. The maximum absolute atomic E-state index is 11.1. The van der Waals surface area contributed by atoms with Crippen molar-refractivity contribution >= 4 is 33.9 Å². The molecule has 1 unspecified atom stereocenters. The van der Waals surface area contributed by atoms with E-state index in [1.54, 1.807) is 6.20 Å². The molecule has 0 spiro atoms. The summed E-state index contributed by atoms with van der Waals surface area (Å²) in [7, 11) is 0. The monoisotopic (exact) mass is 284 g/mol. The lowest BCUT2D eigenvalue weighted by Crippen LogP contribution is -2.24. The Bertz CT molecular complexity index is 845. The molecule has 0 amide bonds. The van der Waals surface area contributed by atoms with Gasteiger partial charge in [-0.05, 0) is 12.5 Å². The van der Waals surface area contributed by atoms with Crippen LogP contribution in [-0.2, 0) is 4.79 Å². The Kier molecular flexibility index (Phi) is 2.50. The highest BCUT2D eigenvalue weighted by Crippen LogP contribution is 2.31. The summed E-state index contributed by atoms with van der Waals surface area (Å²) in [6.07, 6.45) is 3.86. The molecule has 3 aromatic heterocycles. The first-order valence-corrected chi connectivity index (χ1v) is 6.66. The number of hydrogen-bond acceptors (Lipinski definition) is 6. The number of aliphatic carboxylic acids is 1. The summed E-state index contributed by atoms with van der Waals surface area (Å²) in [5, 5.41) is 19.0. The van der Waals surface area contributed by atoms with Gasteiger partial charge in [0.15, 0.2) is 11.3 Å². The number of aromatic amines is 1. The van der Waals surface area contributed by atoms with Crippen LogP contribution < -0.4 is 4.90 Å². The van der Waals surface area contributed by atoms with Gasteiger partial charge in [0.05, 0.1) is 11.3 Å². The molecular weight excluding hydrogens is 272 g/mol. The lowest BCUT2D eigenvalue weighted by molar-refractivity contribution is -0.140. The second-order valence-corrected chi connectivity index (χ2v) is 5.11. The minimum Gasteiger partial charge on any atom is -0.481 e. The third-order valence-corrected chi connectivity index (χ3v) is 3.88. The molecule has 0 aliphatic carbocycles. The van der Waals surface area contributed by atoms with Crippen LogP contribution in [0.5, 0.6) is 0 Å². The first kappa shape index (κ1) is 12.0. The summed E-state index contributed by atoms with van der Waals surface area (Å²) in [5.74, 6) is -0.391. The number of hydrogen-bond donors (Lipinski definition) is 2. The van der Waals surface area contributed by atoms with E-state index in [0.29, 0.717) is 30.8 Å². The SMILES string of the molecule is O=C(O)C1CCN(c2ncnc3nnc4[nH]ccc4c23)C1. The Morgan fingerprint density at radius 3 is 3.10 bits per heavy atom. The number of carboxylic acids is 1. The second kappa shape index (κ2) is 4.37. The van der Waals surface area contributed by atoms with Gasteiger partial charge in [-0.1, -0.05) is 0 Å². The summed E-state index contributed by atoms with van der Waals surface area (Å²) in [5.41, 5.74) is 1.19. The topological polar surface area (TPSA) is 108 Å². The number of carbonyl (C=O) groups is 1. The molecule has 0 aromatic carbocycles. The van der Waals surface area contributed by atoms with Crippen molar-refractivity contribution in [1.82, 2.24) is 25.1 Å². The molecule has 0 radical (unpaired) electrons. The first-order valence-electron chi connectivity index (χ1n) is 6.66. The zero-order valence-electron chi connectivity index (χ0n) is 11.0. The number of nitrogens with zero attached hydrogens (tertiary/aromatic N) is 5. The highest BCUT2D eigenvalue weighted by atomic mass is 16.4. The largest absolute Gasteiger partial charge is 0.481 e. The molecule has 1 saturated heterocycles. The summed E-state index contributed by atoms with van der Waals surface area (Å²) in [6.45, 7) is 1.12. The molecule has 4 rings (SSSR count). The van der Waals surface area contributed by atoms with Crippen molar-refractivity contribution in [2.45, 2.75) is 6.42 Å². The van der Waals surface area contributed by atoms with Gasteiger partial charge in [0, 0.05) is 24.7 Å². The van der Waals surface area contributed by atoms with E-state index in [-0.39, 0.29) is 5.92 Å². The Hall–Kier alpha value is -2.77. The highest BCUT2D eigenvalue weighted by Gasteiger charge is 2.30. The average molecular weight is 284 g/mol. The number of nitrogens with one attached hydrogen (secondary N) is 1. The van der Waals surface area contributed by atoms with Gasteiger partial charge >= 0.3 is 5.97 Å². The van der Waals surface area contributed by atoms with E-state index < -0.39 is 5.97 Å². The number of aromatic nitrogens is 5. The minimum absolute atomic E-state index is 0.355. The van der Waals surface area contributed by atoms with Crippen LogP contribution in [0.3, 0.4) is 0 Å². The van der Waals surface area contributed by atoms with Crippen molar-refractivity contribution in [3.63, 3.8) is 0 Å². The number of H-pyrrole nitrogens is 1. The van der Waals surface area contributed by atoms with E-state index in [9.17, 15) is 4.79 Å². The molecule has 3 aromatic rings. The van der Waals surface area contributed by atoms with Gasteiger partial charge in [-0.25, -0.2) is 9.97 Å². The van der Waals surface area contributed by atoms with Crippen LogP contribution in [-0.4, -0.2) is 49.3 Å². The molecule has 0 saturated carbocycles. The predicted molar refractivity (Wildman–Crippen MR) is 74.9 cm³/mol. The van der Waals surface area contributed by atoms with Crippen molar-refractivity contribution in [3.05, 3.63) is 18.6 Å². The van der Waals surface area contributed by atoms with Crippen molar-refractivity contribution < 1.29 is 9.90 Å². The van der Waals surface area contributed by atoms with E-state index in [4.69, 9.17) is 5.11 Å². The third kappa shape index (κ3) is 1.79. The van der Waals surface area contributed by atoms with Crippen LogP contribution in [0.2, 0.25) is 0 Å². The quantitative estimate of drug-likeness (QED) is 0.716. The first-order chi connectivity index (χ1) is 10.2. The molecular formula is C13H12N6O2. The van der Waals surface area contributed by atoms with Gasteiger partial charge in [0.25, 0.3) is 0 Å². The summed E-state index contributed by atoms with van der Waals surface area (Å²) < 4.78 is 0. The Labute approximate surface area is 118 Å². The standard InChI is InChI=1S/C13H12N6O2/c20-13(21)7-2-4-19(5-7)12-9-8-1-3-14-10(8)17-18-11(9)15-6-16-12/h1,3,6-7H,2,4-5H2,(H,14,17)(H,20,21). The molecule has 0 bridgehead atoms. The molecule has 1 aliphatic rings. The second-order valence-electron chi connectivity index (χ2n) is 5.11. The highest BCUT2D eigenvalue weighted by molar-refractivity contribution is 6.07. The average Bonchev–Trinajstić information content (AvgIpc) is 3.15. The smallest absolute Gasteiger partial charge is 0.308 e. The summed E-state index contributed by atoms with van der Waals surface area (Å²) in [4.78, 5) is 24.6. The minimum atomic E-state index is -0.762. The Balaban J connectivity index is 1.89. The van der Waals surface area contributed by atoms with E-state index >= 15 is 0 Å². The number of rotatable bonds is 2. The molecule has 8 heteroatoms. The number of fused-ring (bicyclic) bond motifs is 3.